The number of benzene rings is 1. The third-order valence-corrected chi connectivity index (χ3v) is 3.98. The molecule has 3 rings (SSSR count). The number of allylic oxidation sites excluding steroid dienone is 1. The SMILES string of the molecule is C(=C\c1ccccc1)/Cn1cc(C2CCCCC2)nn1. The van der Waals surface area contributed by atoms with E-state index in [0.717, 1.165) is 6.54 Å². The maximum absolute atomic E-state index is 4.34. The lowest BCUT2D eigenvalue weighted by Crippen LogP contribution is -2.04. The van der Waals surface area contributed by atoms with E-state index in [1.54, 1.807) is 0 Å². The average molecular weight is 267 g/mol. The summed E-state index contributed by atoms with van der Waals surface area (Å²) in [5.74, 6) is 0.635. The van der Waals surface area contributed by atoms with Gasteiger partial charge in [-0.3, -0.25) is 0 Å². The summed E-state index contributed by atoms with van der Waals surface area (Å²) in [6, 6.07) is 10.3. The zero-order valence-corrected chi connectivity index (χ0v) is 11.8. The van der Waals surface area contributed by atoms with Crippen LogP contribution in [0.4, 0.5) is 0 Å². The van der Waals surface area contributed by atoms with Crippen LogP contribution < -0.4 is 0 Å². The normalized spacial score (nSPS) is 16.8. The number of hydrogen-bond donors (Lipinski definition) is 0. The van der Waals surface area contributed by atoms with Crippen molar-refractivity contribution in [3.8, 4) is 0 Å². The Morgan fingerprint density at radius 3 is 2.70 bits per heavy atom. The highest BCUT2D eigenvalue weighted by Gasteiger charge is 2.18. The lowest BCUT2D eigenvalue weighted by Gasteiger charge is -2.18. The van der Waals surface area contributed by atoms with Crippen molar-refractivity contribution < 1.29 is 0 Å². The minimum atomic E-state index is 0.635. The number of rotatable bonds is 4. The van der Waals surface area contributed by atoms with E-state index in [0.29, 0.717) is 5.92 Å². The van der Waals surface area contributed by atoms with Gasteiger partial charge in [-0.05, 0) is 18.4 Å². The molecule has 0 radical (unpaired) electrons. The van der Waals surface area contributed by atoms with Gasteiger partial charge in [0.25, 0.3) is 0 Å². The molecular weight excluding hydrogens is 246 g/mol. The minimum Gasteiger partial charge on any atom is -0.248 e. The van der Waals surface area contributed by atoms with Gasteiger partial charge in [0.2, 0.25) is 0 Å². The quantitative estimate of drug-likeness (QED) is 0.837. The molecule has 1 aliphatic carbocycles. The molecule has 1 aromatic carbocycles. The van der Waals surface area contributed by atoms with Gasteiger partial charge in [0, 0.05) is 12.1 Å². The predicted octanol–water partition coefficient (Wildman–Crippen LogP) is 4.04. The highest BCUT2D eigenvalue weighted by molar-refractivity contribution is 5.48. The molecule has 0 bridgehead atoms. The molecule has 20 heavy (non-hydrogen) atoms. The Bertz CT molecular complexity index is 551. The third kappa shape index (κ3) is 3.35. The van der Waals surface area contributed by atoms with E-state index in [-0.39, 0.29) is 0 Å². The number of nitrogens with zero attached hydrogens (tertiary/aromatic N) is 3. The smallest absolute Gasteiger partial charge is 0.0858 e. The predicted molar refractivity (Wildman–Crippen MR) is 81.3 cm³/mol. The molecule has 0 aliphatic heterocycles. The van der Waals surface area contributed by atoms with Crippen molar-refractivity contribution in [2.75, 3.05) is 0 Å². The molecule has 0 atom stereocenters. The van der Waals surface area contributed by atoms with E-state index in [4.69, 9.17) is 0 Å². The Kier molecular flexibility index (Phi) is 4.26. The second-order valence-electron chi connectivity index (χ2n) is 5.51. The number of aromatic nitrogens is 3. The first-order valence-electron chi connectivity index (χ1n) is 7.53. The summed E-state index contributed by atoms with van der Waals surface area (Å²) in [6.45, 7) is 0.786. The molecule has 3 nitrogen and oxygen atoms in total. The Balaban J connectivity index is 1.58. The summed E-state index contributed by atoms with van der Waals surface area (Å²) in [4.78, 5) is 0. The molecule has 1 fully saturated rings. The maximum Gasteiger partial charge on any atom is 0.0858 e. The summed E-state index contributed by atoms with van der Waals surface area (Å²) < 4.78 is 1.93. The fourth-order valence-electron chi connectivity index (χ4n) is 2.85. The van der Waals surface area contributed by atoms with Crippen molar-refractivity contribution in [2.45, 2.75) is 44.6 Å². The topological polar surface area (TPSA) is 30.7 Å². The van der Waals surface area contributed by atoms with Gasteiger partial charge < -0.3 is 0 Å². The lowest BCUT2D eigenvalue weighted by molar-refractivity contribution is 0.436. The van der Waals surface area contributed by atoms with Crippen molar-refractivity contribution >= 4 is 6.08 Å². The van der Waals surface area contributed by atoms with Crippen LogP contribution in [0.15, 0.2) is 42.6 Å². The van der Waals surface area contributed by atoms with Crippen molar-refractivity contribution in [1.82, 2.24) is 15.0 Å². The lowest BCUT2D eigenvalue weighted by atomic mass is 9.87. The first-order valence-corrected chi connectivity index (χ1v) is 7.53. The standard InChI is InChI=1S/C17H21N3/c1-3-8-15(9-4-1)10-7-13-20-14-17(18-19-20)16-11-5-2-6-12-16/h1,3-4,7-10,14,16H,2,5-6,11-13H2/b10-7+. The molecule has 0 saturated heterocycles. The van der Waals surface area contributed by atoms with Crippen LogP contribution in [-0.2, 0) is 6.54 Å². The molecule has 0 amide bonds. The number of hydrogen-bond acceptors (Lipinski definition) is 2. The first kappa shape index (κ1) is 13.1. The summed E-state index contributed by atoms with van der Waals surface area (Å²) >= 11 is 0. The van der Waals surface area contributed by atoms with E-state index < -0.39 is 0 Å². The third-order valence-electron chi connectivity index (χ3n) is 3.98. The van der Waals surface area contributed by atoms with Crippen molar-refractivity contribution in [1.29, 1.82) is 0 Å². The van der Waals surface area contributed by atoms with Crippen LogP contribution in [0.3, 0.4) is 0 Å². The van der Waals surface area contributed by atoms with Crippen LogP contribution in [0.5, 0.6) is 0 Å². The Morgan fingerprint density at radius 2 is 1.90 bits per heavy atom. The molecule has 104 valence electrons. The van der Waals surface area contributed by atoms with E-state index >= 15 is 0 Å². The molecule has 3 heteroatoms. The molecular formula is C17H21N3. The second-order valence-corrected chi connectivity index (χ2v) is 5.51. The molecule has 1 saturated carbocycles. The molecule has 0 spiro atoms. The fraction of sp³-hybridized carbons (Fsp3) is 0.412. The largest absolute Gasteiger partial charge is 0.248 e. The van der Waals surface area contributed by atoms with Crippen LogP contribution in [0, 0.1) is 0 Å². The highest BCUT2D eigenvalue weighted by Crippen LogP contribution is 2.30. The van der Waals surface area contributed by atoms with E-state index in [2.05, 4.69) is 52.9 Å². The van der Waals surface area contributed by atoms with E-state index in [1.807, 2.05) is 10.7 Å². The van der Waals surface area contributed by atoms with Gasteiger partial charge in [-0.2, -0.15) is 0 Å². The van der Waals surface area contributed by atoms with Gasteiger partial charge in [0.05, 0.1) is 12.2 Å². The van der Waals surface area contributed by atoms with Gasteiger partial charge in [0.1, 0.15) is 0 Å². The van der Waals surface area contributed by atoms with Gasteiger partial charge in [-0.25, -0.2) is 4.68 Å². The van der Waals surface area contributed by atoms with Crippen LogP contribution in [0.2, 0.25) is 0 Å². The fourth-order valence-corrected chi connectivity index (χ4v) is 2.85. The van der Waals surface area contributed by atoms with Gasteiger partial charge in [-0.15, -0.1) is 5.10 Å². The molecule has 0 N–H and O–H groups in total. The monoisotopic (exact) mass is 267 g/mol. The van der Waals surface area contributed by atoms with Crippen molar-refractivity contribution in [3.05, 3.63) is 53.9 Å². The highest BCUT2D eigenvalue weighted by atomic mass is 15.4. The summed E-state index contributed by atoms with van der Waals surface area (Å²) in [6.07, 6.45) is 13.0. The van der Waals surface area contributed by atoms with Crippen LogP contribution in [-0.4, -0.2) is 15.0 Å². The average Bonchev–Trinajstić information content (AvgIpc) is 2.98. The Labute approximate surface area is 120 Å². The Morgan fingerprint density at radius 1 is 1.10 bits per heavy atom. The minimum absolute atomic E-state index is 0.635. The van der Waals surface area contributed by atoms with Gasteiger partial charge in [0.15, 0.2) is 0 Å². The zero-order valence-electron chi connectivity index (χ0n) is 11.8. The zero-order chi connectivity index (χ0) is 13.6. The van der Waals surface area contributed by atoms with Crippen molar-refractivity contribution in [3.63, 3.8) is 0 Å². The molecule has 0 unspecified atom stereocenters. The Hall–Kier alpha value is -1.90. The van der Waals surface area contributed by atoms with Gasteiger partial charge >= 0.3 is 0 Å². The maximum atomic E-state index is 4.34. The molecule has 1 aliphatic rings. The van der Waals surface area contributed by atoms with E-state index in [1.165, 1.54) is 43.4 Å². The van der Waals surface area contributed by atoms with Crippen LogP contribution in [0.1, 0.15) is 49.3 Å². The molecule has 1 heterocycles. The molecule has 2 aromatic rings. The van der Waals surface area contributed by atoms with Crippen LogP contribution >= 0.6 is 0 Å². The summed E-state index contributed by atoms with van der Waals surface area (Å²) in [5.41, 5.74) is 2.40. The second kappa shape index (κ2) is 6.51. The summed E-state index contributed by atoms with van der Waals surface area (Å²) in [7, 11) is 0. The van der Waals surface area contributed by atoms with Crippen LogP contribution in [0.25, 0.3) is 6.08 Å². The molecule has 1 aromatic heterocycles. The van der Waals surface area contributed by atoms with Gasteiger partial charge in [-0.1, -0.05) is 67.0 Å². The van der Waals surface area contributed by atoms with E-state index in [9.17, 15) is 0 Å². The van der Waals surface area contributed by atoms with Crippen molar-refractivity contribution in [2.24, 2.45) is 0 Å². The first-order chi connectivity index (χ1) is 9.92. The summed E-state index contributed by atoms with van der Waals surface area (Å²) in [5, 5.41) is 8.58.